The van der Waals surface area contributed by atoms with Crippen LogP contribution in [0.15, 0.2) is 48.0 Å². The highest BCUT2D eigenvalue weighted by molar-refractivity contribution is 7.10. The maximum atomic E-state index is 11.7. The molecular formula is C18H18N2O2S. The number of carbonyl (C=O) groups excluding carboxylic acids is 1. The van der Waals surface area contributed by atoms with E-state index in [0.717, 1.165) is 18.5 Å². The minimum absolute atomic E-state index is 0.131. The smallest absolute Gasteiger partial charge is 0.323 e. The molecular weight excluding hydrogens is 308 g/mol. The van der Waals surface area contributed by atoms with Crippen LogP contribution in [0.25, 0.3) is 10.9 Å². The molecule has 118 valence electrons. The van der Waals surface area contributed by atoms with Crippen LogP contribution in [0.2, 0.25) is 0 Å². The third kappa shape index (κ3) is 2.78. The molecule has 4 nitrogen and oxygen atoms in total. The number of H-pyrrole nitrogens is 1. The number of ether oxygens (including phenoxy) is 1. The SMILES string of the molecule is O=C1OCC[C@H]1NC[C@H](c1cccs1)c1c[nH]c2ccccc12. The van der Waals surface area contributed by atoms with Crippen molar-refractivity contribution in [2.75, 3.05) is 13.2 Å². The van der Waals surface area contributed by atoms with Gasteiger partial charge in [0.1, 0.15) is 6.04 Å². The molecule has 1 aliphatic rings. The first kappa shape index (κ1) is 14.5. The molecule has 0 bridgehead atoms. The summed E-state index contributed by atoms with van der Waals surface area (Å²) in [6.45, 7) is 1.25. The summed E-state index contributed by atoms with van der Waals surface area (Å²) in [6, 6.07) is 12.4. The first-order chi connectivity index (χ1) is 11.3. The second-order valence-corrected chi connectivity index (χ2v) is 6.75. The third-order valence-electron chi connectivity index (χ3n) is 4.39. The summed E-state index contributed by atoms with van der Waals surface area (Å²) in [6.07, 6.45) is 2.84. The molecule has 0 unspecified atom stereocenters. The zero-order chi connectivity index (χ0) is 15.6. The number of nitrogens with one attached hydrogen (secondary N) is 2. The van der Waals surface area contributed by atoms with E-state index in [0.29, 0.717) is 6.61 Å². The average Bonchev–Trinajstić information content (AvgIpc) is 3.30. The molecule has 4 rings (SSSR count). The lowest BCUT2D eigenvalue weighted by molar-refractivity contribution is -0.139. The second kappa shape index (κ2) is 6.18. The molecule has 0 spiro atoms. The number of hydrogen-bond acceptors (Lipinski definition) is 4. The van der Waals surface area contributed by atoms with Gasteiger partial charge in [-0.05, 0) is 23.1 Å². The molecule has 1 saturated heterocycles. The summed E-state index contributed by atoms with van der Waals surface area (Å²) < 4.78 is 5.04. The summed E-state index contributed by atoms with van der Waals surface area (Å²) in [7, 11) is 0. The largest absolute Gasteiger partial charge is 0.464 e. The van der Waals surface area contributed by atoms with Gasteiger partial charge in [0.15, 0.2) is 0 Å². The van der Waals surface area contributed by atoms with Crippen molar-refractivity contribution in [3.05, 3.63) is 58.4 Å². The van der Waals surface area contributed by atoms with Crippen LogP contribution in [0.5, 0.6) is 0 Å². The number of cyclic esters (lactones) is 1. The van der Waals surface area contributed by atoms with Gasteiger partial charge in [0.05, 0.1) is 6.61 Å². The van der Waals surface area contributed by atoms with E-state index >= 15 is 0 Å². The summed E-state index contributed by atoms with van der Waals surface area (Å²) in [4.78, 5) is 16.3. The number of esters is 1. The molecule has 0 radical (unpaired) electrons. The van der Waals surface area contributed by atoms with Gasteiger partial charge in [0.2, 0.25) is 0 Å². The number of rotatable bonds is 5. The molecule has 3 heterocycles. The van der Waals surface area contributed by atoms with Crippen LogP contribution in [0.3, 0.4) is 0 Å². The van der Waals surface area contributed by atoms with Crippen molar-refractivity contribution in [1.29, 1.82) is 0 Å². The molecule has 0 aliphatic carbocycles. The van der Waals surface area contributed by atoms with E-state index in [1.807, 2.05) is 6.07 Å². The highest BCUT2D eigenvalue weighted by atomic mass is 32.1. The molecule has 2 atom stereocenters. The van der Waals surface area contributed by atoms with E-state index in [4.69, 9.17) is 4.74 Å². The van der Waals surface area contributed by atoms with Crippen LogP contribution in [0.4, 0.5) is 0 Å². The summed E-state index contributed by atoms with van der Waals surface area (Å²) in [5, 5.41) is 6.73. The Labute approximate surface area is 138 Å². The van der Waals surface area contributed by atoms with Gasteiger partial charge in [0.25, 0.3) is 0 Å². The number of hydrogen-bond donors (Lipinski definition) is 2. The van der Waals surface area contributed by atoms with Crippen molar-refractivity contribution in [3.63, 3.8) is 0 Å². The molecule has 5 heteroatoms. The third-order valence-corrected chi connectivity index (χ3v) is 5.37. The lowest BCUT2D eigenvalue weighted by Crippen LogP contribution is -2.36. The Hall–Kier alpha value is -2.11. The van der Waals surface area contributed by atoms with Gasteiger partial charge in [-0.15, -0.1) is 11.3 Å². The highest BCUT2D eigenvalue weighted by Gasteiger charge is 2.28. The van der Waals surface area contributed by atoms with Crippen LogP contribution in [0, 0.1) is 0 Å². The van der Waals surface area contributed by atoms with Crippen LogP contribution >= 0.6 is 11.3 Å². The molecule has 1 fully saturated rings. The van der Waals surface area contributed by atoms with Crippen LogP contribution in [-0.2, 0) is 9.53 Å². The summed E-state index contributed by atoms with van der Waals surface area (Å²) in [5.74, 6) is 0.0911. The number of aromatic nitrogens is 1. The van der Waals surface area contributed by atoms with E-state index in [2.05, 4.69) is 52.2 Å². The maximum Gasteiger partial charge on any atom is 0.323 e. The van der Waals surface area contributed by atoms with Crippen molar-refractivity contribution in [2.24, 2.45) is 0 Å². The molecule has 2 aromatic heterocycles. The lowest BCUT2D eigenvalue weighted by Gasteiger charge is -2.18. The van der Waals surface area contributed by atoms with Crippen LogP contribution in [-0.4, -0.2) is 30.1 Å². The number of aromatic amines is 1. The number of thiophene rings is 1. The monoisotopic (exact) mass is 326 g/mol. The van der Waals surface area contributed by atoms with Crippen molar-refractivity contribution in [2.45, 2.75) is 18.4 Å². The standard InChI is InChI=1S/C18H18N2O2S/c21-18-16(7-8-22-18)20-11-14(17-6-3-9-23-17)13-10-19-15-5-2-1-4-12(13)15/h1-6,9-10,14,16,19-20H,7-8,11H2/t14-,16+/m0/s1. The normalized spacial score (nSPS) is 19.1. The van der Waals surface area contributed by atoms with Gasteiger partial charge in [-0.3, -0.25) is 4.79 Å². The van der Waals surface area contributed by atoms with Crippen LogP contribution < -0.4 is 5.32 Å². The number of para-hydroxylation sites is 1. The predicted molar refractivity (Wildman–Crippen MR) is 91.8 cm³/mol. The van der Waals surface area contributed by atoms with Crippen LogP contribution in [0.1, 0.15) is 22.8 Å². The fourth-order valence-corrected chi connectivity index (χ4v) is 4.02. The average molecular weight is 326 g/mol. The van der Waals surface area contributed by atoms with Crippen molar-refractivity contribution in [3.8, 4) is 0 Å². The van der Waals surface area contributed by atoms with Crippen molar-refractivity contribution < 1.29 is 9.53 Å². The number of fused-ring (bicyclic) bond motifs is 1. The van der Waals surface area contributed by atoms with Gasteiger partial charge in [-0.1, -0.05) is 24.3 Å². The Morgan fingerprint density at radius 3 is 3.00 bits per heavy atom. The predicted octanol–water partition coefficient (Wildman–Crippen LogP) is 3.27. The van der Waals surface area contributed by atoms with E-state index < -0.39 is 0 Å². The maximum absolute atomic E-state index is 11.7. The minimum Gasteiger partial charge on any atom is -0.464 e. The molecule has 0 amide bonds. The van der Waals surface area contributed by atoms with Gasteiger partial charge in [-0.2, -0.15) is 0 Å². The Morgan fingerprint density at radius 1 is 1.30 bits per heavy atom. The Balaban J connectivity index is 1.64. The van der Waals surface area contributed by atoms with Crippen molar-refractivity contribution >= 4 is 28.2 Å². The van der Waals surface area contributed by atoms with Gasteiger partial charge >= 0.3 is 5.97 Å². The first-order valence-electron chi connectivity index (χ1n) is 7.82. The topological polar surface area (TPSA) is 54.1 Å². The molecule has 1 aromatic carbocycles. The molecule has 1 aliphatic heterocycles. The molecule has 3 aromatic rings. The Morgan fingerprint density at radius 2 is 2.22 bits per heavy atom. The van der Waals surface area contributed by atoms with Gasteiger partial charge < -0.3 is 15.0 Å². The zero-order valence-corrected chi connectivity index (χ0v) is 13.4. The van der Waals surface area contributed by atoms with Gasteiger partial charge in [0, 0.05) is 40.9 Å². The van der Waals surface area contributed by atoms with Crippen molar-refractivity contribution in [1.82, 2.24) is 10.3 Å². The van der Waals surface area contributed by atoms with E-state index in [-0.39, 0.29) is 17.9 Å². The Kier molecular flexibility index (Phi) is 3.89. The first-order valence-corrected chi connectivity index (χ1v) is 8.70. The fraction of sp³-hybridized carbons (Fsp3) is 0.278. The van der Waals surface area contributed by atoms with E-state index in [1.165, 1.54) is 15.8 Å². The van der Waals surface area contributed by atoms with E-state index in [9.17, 15) is 4.79 Å². The highest BCUT2D eigenvalue weighted by Crippen LogP contribution is 2.33. The van der Waals surface area contributed by atoms with E-state index in [1.54, 1.807) is 11.3 Å². The summed E-state index contributed by atoms with van der Waals surface area (Å²) in [5.41, 5.74) is 2.41. The molecule has 23 heavy (non-hydrogen) atoms. The number of benzene rings is 1. The molecule has 2 N–H and O–H groups in total. The minimum atomic E-state index is -0.178. The van der Waals surface area contributed by atoms with Gasteiger partial charge in [-0.25, -0.2) is 0 Å². The lowest BCUT2D eigenvalue weighted by atomic mass is 9.96. The summed E-state index contributed by atoms with van der Waals surface area (Å²) >= 11 is 1.75. The zero-order valence-electron chi connectivity index (χ0n) is 12.6. The molecule has 0 saturated carbocycles. The Bertz CT molecular complexity index is 809. The number of carbonyl (C=O) groups is 1. The second-order valence-electron chi connectivity index (χ2n) is 5.77. The fourth-order valence-electron chi connectivity index (χ4n) is 3.18. The quantitative estimate of drug-likeness (QED) is 0.708.